The van der Waals surface area contributed by atoms with Gasteiger partial charge in [-0.1, -0.05) is 30.3 Å². The molecule has 110 valence electrons. The fourth-order valence-corrected chi connectivity index (χ4v) is 2.06. The van der Waals surface area contributed by atoms with E-state index in [-0.39, 0.29) is 12.8 Å². The standard InChI is InChI=1S/C17H18O4/c1-3-20-16(18)11-10-14-7-4-6-13-8-5-9-15(17(13)14)21-12-19-2/h4-11H,3,12H2,1-2H3. The van der Waals surface area contributed by atoms with Crippen molar-refractivity contribution in [2.75, 3.05) is 20.5 Å². The van der Waals surface area contributed by atoms with Crippen LogP contribution in [0.1, 0.15) is 12.5 Å². The molecule has 0 saturated carbocycles. The molecular formula is C17H18O4. The van der Waals surface area contributed by atoms with E-state index in [2.05, 4.69) is 0 Å². The van der Waals surface area contributed by atoms with Crippen LogP contribution in [0, 0.1) is 0 Å². The van der Waals surface area contributed by atoms with Crippen LogP contribution in [-0.2, 0) is 14.3 Å². The van der Waals surface area contributed by atoms with Crippen molar-refractivity contribution in [3.8, 4) is 5.75 Å². The molecule has 0 fully saturated rings. The molecule has 0 unspecified atom stereocenters. The lowest BCUT2D eigenvalue weighted by Gasteiger charge is -2.10. The summed E-state index contributed by atoms with van der Waals surface area (Å²) in [5.41, 5.74) is 0.896. The van der Waals surface area contributed by atoms with Crippen LogP contribution in [0.3, 0.4) is 0 Å². The molecule has 21 heavy (non-hydrogen) atoms. The number of benzene rings is 2. The SMILES string of the molecule is CCOC(=O)C=Cc1cccc2cccc(OCOC)c12. The lowest BCUT2D eigenvalue weighted by atomic mass is 10.0. The van der Waals surface area contributed by atoms with E-state index in [1.807, 2.05) is 36.4 Å². The quantitative estimate of drug-likeness (QED) is 0.464. The van der Waals surface area contributed by atoms with Gasteiger partial charge in [0.1, 0.15) is 5.75 Å². The Morgan fingerprint density at radius 3 is 2.67 bits per heavy atom. The topological polar surface area (TPSA) is 44.8 Å². The minimum Gasteiger partial charge on any atom is -0.467 e. The molecule has 0 aliphatic heterocycles. The molecule has 0 bridgehead atoms. The lowest BCUT2D eigenvalue weighted by Crippen LogP contribution is -2.00. The number of carbonyl (C=O) groups is 1. The zero-order chi connectivity index (χ0) is 15.1. The highest BCUT2D eigenvalue weighted by atomic mass is 16.7. The molecule has 0 aliphatic rings. The number of ether oxygens (including phenoxy) is 3. The summed E-state index contributed by atoms with van der Waals surface area (Å²) in [7, 11) is 1.58. The van der Waals surface area contributed by atoms with Crippen molar-refractivity contribution >= 4 is 22.8 Å². The smallest absolute Gasteiger partial charge is 0.330 e. The zero-order valence-electron chi connectivity index (χ0n) is 12.2. The highest BCUT2D eigenvalue weighted by Crippen LogP contribution is 2.29. The molecule has 0 radical (unpaired) electrons. The van der Waals surface area contributed by atoms with Gasteiger partial charge in [-0.25, -0.2) is 4.79 Å². The molecule has 0 aliphatic carbocycles. The third kappa shape index (κ3) is 3.83. The van der Waals surface area contributed by atoms with Crippen LogP contribution in [-0.4, -0.2) is 26.5 Å². The first-order valence-corrected chi connectivity index (χ1v) is 6.74. The molecule has 0 spiro atoms. The predicted octanol–water partition coefficient (Wildman–Crippen LogP) is 3.40. The molecule has 0 aromatic heterocycles. The van der Waals surface area contributed by atoms with Crippen molar-refractivity contribution in [3.05, 3.63) is 48.0 Å². The normalized spacial score (nSPS) is 11.0. The number of carbonyl (C=O) groups excluding carboxylic acids is 1. The minimum atomic E-state index is -0.357. The first kappa shape index (κ1) is 15.1. The second-order valence-electron chi connectivity index (χ2n) is 4.34. The summed E-state index contributed by atoms with van der Waals surface area (Å²) >= 11 is 0. The van der Waals surface area contributed by atoms with E-state index < -0.39 is 0 Å². The van der Waals surface area contributed by atoms with Gasteiger partial charge < -0.3 is 14.2 Å². The van der Waals surface area contributed by atoms with Crippen molar-refractivity contribution in [1.82, 2.24) is 0 Å². The largest absolute Gasteiger partial charge is 0.467 e. The summed E-state index contributed by atoms with van der Waals surface area (Å²) in [6.45, 7) is 2.32. The summed E-state index contributed by atoms with van der Waals surface area (Å²) in [5.74, 6) is 0.364. The second kappa shape index (κ2) is 7.45. The van der Waals surface area contributed by atoms with E-state index >= 15 is 0 Å². The maximum atomic E-state index is 11.4. The summed E-state index contributed by atoms with van der Waals surface area (Å²) in [6, 6.07) is 11.7. The molecule has 0 amide bonds. The van der Waals surface area contributed by atoms with E-state index in [9.17, 15) is 4.79 Å². The van der Waals surface area contributed by atoms with Gasteiger partial charge in [0.2, 0.25) is 0 Å². The van der Waals surface area contributed by atoms with Crippen molar-refractivity contribution in [2.24, 2.45) is 0 Å². The van der Waals surface area contributed by atoms with Gasteiger partial charge >= 0.3 is 5.97 Å². The maximum absolute atomic E-state index is 11.4. The Morgan fingerprint density at radius 2 is 1.95 bits per heavy atom. The van der Waals surface area contributed by atoms with Crippen LogP contribution in [0.2, 0.25) is 0 Å². The fraction of sp³-hybridized carbons (Fsp3) is 0.235. The molecule has 4 heteroatoms. The molecule has 0 N–H and O–H groups in total. The van der Waals surface area contributed by atoms with Gasteiger partial charge in [0.05, 0.1) is 6.61 Å². The van der Waals surface area contributed by atoms with Crippen molar-refractivity contribution < 1.29 is 19.0 Å². The lowest BCUT2D eigenvalue weighted by molar-refractivity contribution is -0.137. The highest BCUT2D eigenvalue weighted by Gasteiger charge is 2.06. The van der Waals surface area contributed by atoms with E-state index in [0.29, 0.717) is 6.61 Å². The molecular weight excluding hydrogens is 268 g/mol. The van der Waals surface area contributed by atoms with Gasteiger partial charge in [-0.2, -0.15) is 0 Å². The fourth-order valence-electron chi connectivity index (χ4n) is 2.06. The molecule has 2 aromatic carbocycles. The van der Waals surface area contributed by atoms with Gasteiger partial charge in [0, 0.05) is 18.6 Å². The number of esters is 1. The van der Waals surface area contributed by atoms with Crippen LogP contribution in [0.15, 0.2) is 42.5 Å². The van der Waals surface area contributed by atoms with Gasteiger partial charge in [0.25, 0.3) is 0 Å². The third-order valence-corrected chi connectivity index (χ3v) is 2.92. The predicted molar refractivity (Wildman–Crippen MR) is 82.1 cm³/mol. The average molecular weight is 286 g/mol. The molecule has 4 nitrogen and oxygen atoms in total. The van der Waals surface area contributed by atoms with Gasteiger partial charge in [-0.3, -0.25) is 0 Å². The minimum absolute atomic E-state index is 0.176. The zero-order valence-corrected chi connectivity index (χ0v) is 12.2. The second-order valence-corrected chi connectivity index (χ2v) is 4.34. The van der Waals surface area contributed by atoms with Crippen LogP contribution in [0.4, 0.5) is 0 Å². The molecule has 0 atom stereocenters. The molecule has 2 rings (SSSR count). The monoisotopic (exact) mass is 286 g/mol. The van der Waals surface area contributed by atoms with Gasteiger partial charge in [-0.05, 0) is 30.0 Å². The van der Waals surface area contributed by atoms with Crippen molar-refractivity contribution in [2.45, 2.75) is 6.92 Å². The van der Waals surface area contributed by atoms with Gasteiger partial charge in [0.15, 0.2) is 6.79 Å². The van der Waals surface area contributed by atoms with Crippen LogP contribution >= 0.6 is 0 Å². The van der Waals surface area contributed by atoms with E-state index in [1.165, 1.54) is 6.08 Å². The van der Waals surface area contributed by atoms with Crippen molar-refractivity contribution in [1.29, 1.82) is 0 Å². The van der Waals surface area contributed by atoms with Crippen LogP contribution in [0.25, 0.3) is 16.8 Å². The molecule has 0 heterocycles. The number of hydrogen-bond donors (Lipinski definition) is 0. The van der Waals surface area contributed by atoms with Crippen molar-refractivity contribution in [3.63, 3.8) is 0 Å². The van der Waals surface area contributed by atoms with E-state index in [1.54, 1.807) is 20.1 Å². The Bertz CT molecular complexity index is 641. The van der Waals surface area contributed by atoms with Gasteiger partial charge in [-0.15, -0.1) is 0 Å². The number of rotatable bonds is 6. The summed E-state index contributed by atoms with van der Waals surface area (Å²) < 4.78 is 15.4. The van der Waals surface area contributed by atoms with Crippen LogP contribution in [0.5, 0.6) is 5.75 Å². The number of fused-ring (bicyclic) bond motifs is 1. The Kier molecular flexibility index (Phi) is 5.35. The summed E-state index contributed by atoms with van der Waals surface area (Å²) in [5, 5.41) is 1.98. The van der Waals surface area contributed by atoms with E-state index in [4.69, 9.17) is 14.2 Å². The average Bonchev–Trinajstić information content (AvgIpc) is 2.51. The molecule has 2 aromatic rings. The molecule has 0 saturated heterocycles. The first-order chi connectivity index (χ1) is 10.3. The highest BCUT2D eigenvalue weighted by molar-refractivity contribution is 5.98. The van der Waals surface area contributed by atoms with Crippen LogP contribution < -0.4 is 4.74 Å². The van der Waals surface area contributed by atoms with E-state index in [0.717, 1.165) is 22.1 Å². The summed E-state index contributed by atoms with van der Waals surface area (Å²) in [6.07, 6.45) is 3.16. The number of methoxy groups -OCH3 is 1. The number of hydrogen-bond acceptors (Lipinski definition) is 4. The maximum Gasteiger partial charge on any atom is 0.330 e. The Hall–Kier alpha value is -2.33. The summed E-state index contributed by atoms with van der Waals surface area (Å²) in [4.78, 5) is 11.4. The Labute approximate surface area is 123 Å². The Balaban J connectivity index is 2.40. The Morgan fingerprint density at radius 1 is 1.19 bits per heavy atom. The first-order valence-electron chi connectivity index (χ1n) is 6.74. The third-order valence-electron chi connectivity index (χ3n) is 2.92.